The van der Waals surface area contributed by atoms with Crippen molar-refractivity contribution in [1.82, 2.24) is 5.32 Å². The van der Waals surface area contributed by atoms with Crippen molar-refractivity contribution in [1.29, 1.82) is 0 Å². The van der Waals surface area contributed by atoms with Crippen molar-refractivity contribution >= 4 is 57.9 Å². The van der Waals surface area contributed by atoms with E-state index >= 15 is 0 Å². The summed E-state index contributed by atoms with van der Waals surface area (Å²) in [5, 5.41) is 13.3. The molecule has 1 aliphatic rings. The van der Waals surface area contributed by atoms with E-state index in [1.165, 1.54) is 25.3 Å². The number of ether oxygens (including phenoxy) is 3. The quantitative estimate of drug-likeness (QED) is 0.0660. The van der Waals surface area contributed by atoms with Gasteiger partial charge in [-0.05, 0) is 88.7 Å². The van der Waals surface area contributed by atoms with E-state index in [4.69, 9.17) is 14.2 Å². The molecule has 1 saturated heterocycles. The Kier molecular flexibility index (Phi) is 9.42. The van der Waals surface area contributed by atoms with Crippen LogP contribution in [0.25, 0.3) is 6.08 Å². The summed E-state index contributed by atoms with van der Waals surface area (Å²) in [5.74, 6) is -0.383. The molecule has 1 heterocycles. The maximum atomic E-state index is 13.5. The second-order valence-corrected chi connectivity index (χ2v) is 11.1. The Morgan fingerprint density at radius 2 is 1.62 bits per heavy atom. The predicted molar refractivity (Wildman–Crippen MR) is 174 cm³/mol. The molecule has 0 saturated carbocycles. The molecular formula is C33H26IN3O8. The molecule has 45 heavy (non-hydrogen) atoms. The van der Waals surface area contributed by atoms with Crippen molar-refractivity contribution in [2.45, 2.75) is 20.1 Å². The fraction of sp³-hybridized carbons (Fsp3) is 0.121. The number of urea groups is 1. The highest BCUT2D eigenvalue weighted by Gasteiger charge is 2.37. The minimum atomic E-state index is -0.868. The number of hydrogen-bond donors (Lipinski definition) is 1. The first-order valence-corrected chi connectivity index (χ1v) is 14.6. The molecule has 228 valence electrons. The maximum absolute atomic E-state index is 13.5. The summed E-state index contributed by atoms with van der Waals surface area (Å²) in [5.41, 5.74) is 3.14. The molecule has 1 fully saturated rings. The number of benzene rings is 4. The van der Waals surface area contributed by atoms with Crippen LogP contribution in [-0.4, -0.2) is 29.9 Å². The number of carbonyl (C=O) groups is 3. The zero-order valence-corrected chi connectivity index (χ0v) is 26.3. The monoisotopic (exact) mass is 719 g/mol. The molecule has 0 aromatic heterocycles. The summed E-state index contributed by atoms with van der Waals surface area (Å²) < 4.78 is 17.9. The fourth-order valence-corrected chi connectivity index (χ4v) is 5.26. The van der Waals surface area contributed by atoms with Crippen LogP contribution < -0.4 is 24.4 Å². The molecule has 11 nitrogen and oxygen atoms in total. The van der Waals surface area contributed by atoms with Crippen molar-refractivity contribution in [3.05, 3.63) is 126 Å². The number of nitrogens with zero attached hydrogens (tertiary/aromatic N) is 2. The standard InChI is InChI=1S/C33H26IN3O8/c1-20-6-8-21(9-7-20)18-44-26-12-10-24(11-13-26)36-32(39)27(31(38)35-33(36)40)15-23-16-28(34)30(29(17-23)43-2)45-19-22-4-3-5-25(14-22)37(41)42/h3-17H,18-19H2,1-2H3,(H,35,38,40)/b27-15+. The van der Waals surface area contributed by atoms with Gasteiger partial charge < -0.3 is 14.2 Å². The van der Waals surface area contributed by atoms with E-state index in [0.29, 0.717) is 38.6 Å². The van der Waals surface area contributed by atoms with E-state index in [-0.39, 0.29) is 23.6 Å². The number of halogens is 1. The molecule has 0 bridgehead atoms. The Morgan fingerprint density at radius 3 is 2.31 bits per heavy atom. The van der Waals surface area contributed by atoms with Crippen molar-refractivity contribution in [3.63, 3.8) is 0 Å². The summed E-state index contributed by atoms with van der Waals surface area (Å²) in [7, 11) is 1.44. The lowest BCUT2D eigenvalue weighted by Gasteiger charge is -2.26. The third-order valence-corrected chi connectivity index (χ3v) is 7.59. The van der Waals surface area contributed by atoms with Crippen molar-refractivity contribution < 1.29 is 33.5 Å². The van der Waals surface area contributed by atoms with Crippen LogP contribution in [0.5, 0.6) is 17.2 Å². The van der Waals surface area contributed by atoms with Crippen LogP contribution in [-0.2, 0) is 22.8 Å². The normalized spacial score (nSPS) is 13.9. The topological polar surface area (TPSA) is 137 Å². The van der Waals surface area contributed by atoms with Gasteiger partial charge in [-0.1, -0.05) is 42.0 Å². The van der Waals surface area contributed by atoms with Crippen molar-refractivity contribution in [2.24, 2.45) is 0 Å². The third kappa shape index (κ3) is 7.29. The van der Waals surface area contributed by atoms with Crippen LogP contribution in [0.2, 0.25) is 0 Å². The molecule has 0 atom stereocenters. The zero-order valence-electron chi connectivity index (χ0n) is 24.1. The van der Waals surface area contributed by atoms with Gasteiger partial charge >= 0.3 is 6.03 Å². The number of methoxy groups -OCH3 is 1. The first-order chi connectivity index (χ1) is 21.6. The minimum absolute atomic E-state index is 0.0439. The number of barbiturate groups is 1. The summed E-state index contributed by atoms with van der Waals surface area (Å²) in [6.07, 6.45) is 1.37. The fourth-order valence-electron chi connectivity index (χ4n) is 4.48. The maximum Gasteiger partial charge on any atom is 0.335 e. The van der Waals surface area contributed by atoms with Gasteiger partial charge in [0.2, 0.25) is 0 Å². The van der Waals surface area contributed by atoms with E-state index in [1.54, 1.807) is 48.5 Å². The van der Waals surface area contributed by atoms with E-state index in [1.807, 2.05) is 53.8 Å². The lowest BCUT2D eigenvalue weighted by Crippen LogP contribution is -2.54. The second-order valence-electron chi connectivity index (χ2n) is 9.98. The van der Waals surface area contributed by atoms with Gasteiger partial charge in [-0.3, -0.25) is 25.0 Å². The first kappa shape index (κ1) is 31.2. The number of amides is 4. The Labute approximate surface area is 271 Å². The molecule has 0 radical (unpaired) electrons. The predicted octanol–water partition coefficient (Wildman–Crippen LogP) is 6.34. The highest BCUT2D eigenvalue weighted by atomic mass is 127. The average molecular weight is 719 g/mol. The molecule has 12 heteroatoms. The molecular weight excluding hydrogens is 693 g/mol. The Hall–Kier alpha value is -5.24. The summed E-state index contributed by atoms with van der Waals surface area (Å²) in [4.78, 5) is 50.4. The number of nitro benzene ring substituents is 1. The molecule has 4 aromatic rings. The number of rotatable bonds is 10. The molecule has 0 spiro atoms. The Bertz CT molecular complexity index is 1820. The lowest BCUT2D eigenvalue weighted by molar-refractivity contribution is -0.384. The van der Waals surface area contributed by atoms with Gasteiger partial charge in [0.05, 0.1) is 21.3 Å². The van der Waals surface area contributed by atoms with E-state index in [0.717, 1.165) is 16.0 Å². The smallest absolute Gasteiger partial charge is 0.335 e. The van der Waals surface area contributed by atoms with Crippen LogP contribution in [0.3, 0.4) is 0 Å². The average Bonchev–Trinajstić information content (AvgIpc) is 3.02. The van der Waals surface area contributed by atoms with Crippen LogP contribution in [0.15, 0.2) is 90.5 Å². The number of nitrogens with one attached hydrogen (secondary N) is 1. The summed E-state index contributed by atoms with van der Waals surface area (Å²) in [6, 6.07) is 22.8. The lowest BCUT2D eigenvalue weighted by atomic mass is 10.1. The largest absolute Gasteiger partial charge is 0.493 e. The Balaban J connectivity index is 1.33. The van der Waals surface area contributed by atoms with Gasteiger partial charge in [0, 0.05) is 12.1 Å². The van der Waals surface area contributed by atoms with Crippen LogP contribution in [0.4, 0.5) is 16.2 Å². The highest BCUT2D eigenvalue weighted by molar-refractivity contribution is 14.1. The van der Waals surface area contributed by atoms with Crippen molar-refractivity contribution in [3.8, 4) is 17.2 Å². The number of nitro groups is 1. The zero-order chi connectivity index (χ0) is 32.1. The van der Waals surface area contributed by atoms with Gasteiger partial charge in [-0.15, -0.1) is 0 Å². The van der Waals surface area contributed by atoms with Gasteiger partial charge in [-0.2, -0.15) is 0 Å². The first-order valence-electron chi connectivity index (χ1n) is 13.6. The number of hydrogen-bond acceptors (Lipinski definition) is 8. The minimum Gasteiger partial charge on any atom is -0.493 e. The van der Waals surface area contributed by atoms with Gasteiger partial charge in [0.15, 0.2) is 11.5 Å². The number of anilines is 1. The number of carbonyl (C=O) groups excluding carboxylic acids is 3. The number of non-ortho nitro benzene ring substituents is 1. The van der Waals surface area contributed by atoms with E-state index < -0.39 is 22.8 Å². The van der Waals surface area contributed by atoms with Crippen molar-refractivity contribution in [2.75, 3.05) is 12.0 Å². The summed E-state index contributed by atoms with van der Waals surface area (Å²) in [6.45, 7) is 2.40. The second kappa shape index (κ2) is 13.6. The molecule has 1 N–H and O–H groups in total. The molecule has 4 aromatic carbocycles. The number of aryl methyl sites for hydroxylation is 1. The van der Waals surface area contributed by atoms with Gasteiger partial charge in [0.1, 0.15) is 24.5 Å². The van der Waals surface area contributed by atoms with Crippen LogP contribution in [0, 0.1) is 20.6 Å². The third-order valence-electron chi connectivity index (χ3n) is 6.79. The van der Waals surface area contributed by atoms with Gasteiger partial charge in [-0.25, -0.2) is 9.69 Å². The van der Waals surface area contributed by atoms with E-state index in [9.17, 15) is 24.5 Å². The van der Waals surface area contributed by atoms with Crippen LogP contribution in [0.1, 0.15) is 22.3 Å². The molecule has 1 aliphatic heterocycles. The number of imide groups is 2. The van der Waals surface area contributed by atoms with Crippen LogP contribution >= 0.6 is 22.6 Å². The molecule has 4 amide bonds. The molecule has 0 aliphatic carbocycles. The van der Waals surface area contributed by atoms with Gasteiger partial charge in [0.25, 0.3) is 17.5 Å². The summed E-state index contributed by atoms with van der Waals surface area (Å²) >= 11 is 2.03. The van der Waals surface area contributed by atoms with E-state index in [2.05, 4.69) is 5.32 Å². The molecule has 0 unspecified atom stereocenters. The Morgan fingerprint density at radius 1 is 0.911 bits per heavy atom. The molecule has 5 rings (SSSR count). The SMILES string of the molecule is COc1cc(/C=C2\C(=O)NC(=O)N(c3ccc(OCc4ccc(C)cc4)cc3)C2=O)cc(I)c1OCc1cccc([N+](=O)[O-])c1. The highest BCUT2D eigenvalue weighted by Crippen LogP contribution is 2.36.